The van der Waals surface area contributed by atoms with Gasteiger partial charge in [-0.3, -0.25) is 9.89 Å². The number of nitrogens with zero attached hydrogens (tertiary/aromatic N) is 4. The number of hydrogen-bond acceptors (Lipinski definition) is 8. The molecule has 0 aliphatic carbocycles. The van der Waals surface area contributed by atoms with Gasteiger partial charge in [0, 0.05) is 30.3 Å². The number of amides is 1. The molecule has 0 spiro atoms. The molecule has 2 fully saturated rings. The van der Waals surface area contributed by atoms with Gasteiger partial charge in [-0.25, -0.2) is 0 Å². The van der Waals surface area contributed by atoms with Crippen LogP contribution in [0.4, 0.5) is 26.4 Å². The average Bonchev–Trinajstić information content (AvgIpc) is 3.19. The number of rotatable bonds is 7. The first-order chi connectivity index (χ1) is 15.0. The summed E-state index contributed by atoms with van der Waals surface area (Å²) in [7, 11) is 1.49. The topological polar surface area (TPSA) is 128 Å². The van der Waals surface area contributed by atoms with E-state index in [0.717, 1.165) is 6.42 Å². The van der Waals surface area contributed by atoms with Gasteiger partial charge in [-0.2, -0.15) is 23.8 Å². The highest BCUT2D eigenvalue weighted by atomic mass is 19.3. The second-order valence-electron chi connectivity index (χ2n) is 7.78. The highest BCUT2D eigenvalue weighted by Gasteiger charge is 2.43. The van der Waals surface area contributed by atoms with Gasteiger partial charge < -0.3 is 25.4 Å². The number of methoxy groups -OCH3 is 1. The summed E-state index contributed by atoms with van der Waals surface area (Å²) in [4.78, 5) is 22.2. The standard InChI is InChI=1S/C19H25F2N7O3/c1-31-16-8-14(23-15-7-11(9-29)26-27-15)24-19(25-16)22-10-5-12-3-2-4-13(6-10)28(12)18(30)17(20)21/h7-8,10,12-13,17,29H,2-6,9H2,1H3,(H3,22,23,24,25,26,27)/t10-,12+,13-. The number of aliphatic hydroxyl groups is 1. The normalized spacial score (nSPS) is 23.0. The molecule has 0 aromatic carbocycles. The number of aliphatic hydroxyl groups excluding tert-OH is 1. The third-order valence-electron chi connectivity index (χ3n) is 5.72. The maximum absolute atomic E-state index is 13.0. The molecule has 1 amide bonds. The number of fused-ring (bicyclic) bond motifs is 2. The number of alkyl halides is 2. The summed E-state index contributed by atoms with van der Waals surface area (Å²) in [6.07, 6.45) is 0.487. The van der Waals surface area contributed by atoms with Crippen LogP contribution < -0.4 is 15.4 Å². The lowest BCUT2D eigenvalue weighted by Gasteiger charge is -2.48. The fourth-order valence-electron chi connectivity index (χ4n) is 4.45. The minimum absolute atomic E-state index is 0.0525. The molecular weight excluding hydrogens is 412 g/mol. The van der Waals surface area contributed by atoms with Crippen molar-refractivity contribution >= 4 is 23.5 Å². The van der Waals surface area contributed by atoms with Crippen LogP contribution in [-0.2, 0) is 11.4 Å². The first kappa shape index (κ1) is 21.2. The first-order valence-electron chi connectivity index (χ1n) is 10.2. The lowest BCUT2D eigenvalue weighted by molar-refractivity contribution is -0.152. The Morgan fingerprint density at radius 2 is 2.03 bits per heavy atom. The zero-order valence-electron chi connectivity index (χ0n) is 17.0. The van der Waals surface area contributed by atoms with E-state index in [4.69, 9.17) is 9.84 Å². The van der Waals surface area contributed by atoms with Crippen molar-refractivity contribution in [1.29, 1.82) is 0 Å². The van der Waals surface area contributed by atoms with E-state index in [-0.39, 0.29) is 24.7 Å². The Morgan fingerprint density at radius 1 is 1.29 bits per heavy atom. The summed E-state index contributed by atoms with van der Waals surface area (Å²) >= 11 is 0. The molecule has 4 N–H and O–H groups in total. The first-order valence-corrected chi connectivity index (χ1v) is 10.2. The van der Waals surface area contributed by atoms with Gasteiger partial charge >= 0.3 is 6.43 Å². The predicted octanol–water partition coefficient (Wildman–Crippen LogP) is 2.03. The third-order valence-corrected chi connectivity index (χ3v) is 5.72. The van der Waals surface area contributed by atoms with E-state index in [1.54, 1.807) is 12.1 Å². The lowest BCUT2D eigenvalue weighted by atomic mass is 9.81. The monoisotopic (exact) mass is 437 g/mol. The fraction of sp³-hybridized carbons (Fsp3) is 0.579. The Bertz CT molecular complexity index is 912. The SMILES string of the molecule is COc1cc(Nc2cc(CO)[nH]n2)nc(N[C@H]2C[C@H]3CCC[C@@H](C2)N3C(=O)C(F)F)n1. The number of ether oxygens (including phenoxy) is 1. The summed E-state index contributed by atoms with van der Waals surface area (Å²) in [6, 6.07) is 2.78. The number of halogens is 2. The molecule has 4 heterocycles. The summed E-state index contributed by atoms with van der Waals surface area (Å²) < 4.78 is 31.3. The Morgan fingerprint density at radius 3 is 2.65 bits per heavy atom. The molecular formula is C19H25F2N7O3. The van der Waals surface area contributed by atoms with Gasteiger partial charge in [-0.1, -0.05) is 0 Å². The number of piperidine rings is 2. The Balaban J connectivity index is 1.48. The highest BCUT2D eigenvalue weighted by molar-refractivity contribution is 5.80. The molecule has 0 radical (unpaired) electrons. The van der Waals surface area contributed by atoms with Crippen LogP contribution in [0.1, 0.15) is 37.8 Å². The van der Waals surface area contributed by atoms with Crippen LogP contribution in [-0.4, -0.2) is 67.7 Å². The zero-order valence-corrected chi connectivity index (χ0v) is 17.0. The van der Waals surface area contributed by atoms with Crippen molar-refractivity contribution in [2.45, 2.75) is 63.3 Å². The number of carbonyl (C=O) groups excluding carboxylic acids is 1. The second-order valence-corrected chi connectivity index (χ2v) is 7.78. The Kier molecular flexibility index (Phi) is 6.16. The van der Waals surface area contributed by atoms with Crippen molar-refractivity contribution in [3.05, 3.63) is 17.8 Å². The van der Waals surface area contributed by atoms with Crippen LogP contribution in [0, 0.1) is 0 Å². The summed E-state index contributed by atoms with van der Waals surface area (Å²) in [5.74, 6) is 0.512. The largest absolute Gasteiger partial charge is 0.481 e. The molecule has 2 aliphatic heterocycles. The van der Waals surface area contributed by atoms with Crippen molar-refractivity contribution in [1.82, 2.24) is 25.1 Å². The van der Waals surface area contributed by atoms with Crippen molar-refractivity contribution < 1.29 is 23.4 Å². The number of carbonyl (C=O) groups is 1. The number of aromatic nitrogens is 4. The molecule has 3 atom stereocenters. The van der Waals surface area contributed by atoms with Crippen molar-refractivity contribution in [2.75, 3.05) is 17.7 Å². The van der Waals surface area contributed by atoms with E-state index in [2.05, 4.69) is 30.8 Å². The van der Waals surface area contributed by atoms with E-state index < -0.39 is 12.3 Å². The van der Waals surface area contributed by atoms with Crippen molar-refractivity contribution in [3.63, 3.8) is 0 Å². The van der Waals surface area contributed by atoms with Gasteiger partial charge in [0.25, 0.3) is 5.91 Å². The van der Waals surface area contributed by atoms with Gasteiger partial charge in [0.1, 0.15) is 5.82 Å². The van der Waals surface area contributed by atoms with Crippen molar-refractivity contribution in [3.8, 4) is 5.88 Å². The number of H-pyrrole nitrogens is 1. The molecule has 10 nitrogen and oxygen atoms in total. The Hall–Kier alpha value is -3.02. The number of aromatic amines is 1. The highest BCUT2D eigenvalue weighted by Crippen LogP contribution is 2.36. The molecule has 2 aliphatic rings. The minimum atomic E-state index is -2.98. The van der Waals surface area contributed by atoms with Gasteiger partial charge in [-0.15, -0.1) is 0 Å². The summed E-state index contributed by atoms with van der Waals surface area (Å²) in [6.45, 7) is -0.163. The van der Waals surface area contributed by atoms with Crippen LogP contribution in [0.5, 0.6) is 5.88 Å². The van der Waals surface area contributed by atoms with Crippen molar-refractivity contribution in [2.24, 2.45) is 0 Å². The molecule has 4 rings (SSSR count). The molecule has 31 heavy (non-hydrogen) atoms. The Labute approximate surface area is 177 Å². The van der Waals surface area contributed by atoms with E-state index in [9.17, 15) is 13.6 Å². The van der Waals surface area contributed by atoms with Crippen LogP contribution in [0.2, 0.25) is 0 Å². The minimum Gasteiger partial charge on any atom is -0.481 e. The maximum Gasteiger partial charge on any atom is 0.315 e. The molecule has 2 saturated heterocycles. The van der Waals surface area contributed by atoms with E-state index in [1.807, 2.05) is 0 Å². The van der Waals surface area contributed by atoms with Gasteiger partial charge in [0.05, 0.1) is 19.4 Å². The number of nitrogens with one attached hydrogen (secondary N) is 3. The summed E-state index contributed by atoms with van der Waals surface area (Å²) in [5, 5.41) is 22.2. The smallest absolute Gasteiger partial charge is 0.315 e. The summed E-state index contributed by atoms with van der Waals surface area (Å²) in [5.41, 5.74) is 0.554. The molecule has 12 heteroatoms. The number of hydrogen-bond donors (Lipinski definition) is 4. The van der Waals surface area contributed by atoms with Crippen LogP contribution >= 0.6 is 0 Å². The third kappa shape index (κ3) is 4.68. The van der Waals surface area contributed by atoms with E-state index in [0.29, 0.717) is 54.8 Å². The van der Waals surface area contributed by atoms with E-state index >= 15 is 0 Å². The second kappa shape index (κ2) is 9.00. The average molecular weight is 437 g/mol. The molecule has 0 saturated carbocycles. The van der Waals surface area contributed by atoms with Gasteiger partial charge in [-0.05, 0) is 32.1 Å². The van der Waals surface area contributed by atoms with Crippen LogP contribution in [0.25, 0.3) is 0 Å². The fourth-order valence-corrected chi connectivity index (χ4v) is 4.45. The molecule has 2 bridgehead atoms. The molecule has 2 aromatic rings. The maximum atomic E-state index is 13.0. The van der Waals surface area contributed by atoms with Gasteiger partial charge in [0.15, 0.2) is 5.82 Å². The molecule has 0 unspecified atom stereocenters. The quantitative estimate of drug-likeness (QED) is 0.518. The van der Waals surface area contributed by atoms with Gasteiger partial charge in [0.2, 0.25) is 11.8 Å². The predicted molar refractivity (Wildman–Crippen MR) is 107 cm³/mol. The number of anilines is 3. The van der Waals surface area contributed by atoms with Crippen LogP contribution in [0.3, 0.4) is 0 Å². The lowest BCUT2D eigenvalue weighted by Crippen LogP contribution is -2.58. The molecule has 2 aromatic heterocycles. The molecule has 168 valence electrons. The van der Waals surface area contributed by atoms with Crippen LogP contribution in [0.15, 0.2) is 12.1 Å². The van der Waals surface area contributed by atoms with E-state index in [1.165, 1.54) is 12.0 Å². The zero-order chi connectivity index (χ0) is 22.0.